The van der Waals surface area contributed by atoms with Gasteiger partial charge < -0.3 is 14.5 Å². The van der Waals surface area contributed by atoms with Crippen LogP contribution < -0.4 is 0 Å². The van der Waals surface area contributed by atoms with Crippen LogP contribution in [0.15, 0.2) is 24.3 Å². The van der Waals surface area contributed by atoms with E-state index in [1.165, 1.54) is 12.1 Å². The zero-order valence-electron chi connectivity index (χ0n) is 15.9. The molecule has 0 saturated carbocycles. The standard InChI is InChI=1S/C20H28FN3O3/c1-2-23(14-16-5-3-6-17(21)13-16)19(25)15-22-8-10-24(11-9-22)20(26)18-7-4-12-27-18/h3,5-6,13,18H,2,4,7-12,14-15H2,1H3. The average molecular weight is 377 g/mol. The van der Waals surface area contributed by atoms with E-state index in [9.17, 15) is 14.0 Å². The van der Waals surface area contributed by atoms with Crippen molar-refractivity contribution < 1.29 is 18.7 Å². The fourth-order valence-corrected chi connectivity index (χ4v) is 3.63. The maximum atomic E-state index is 13.4. The SMILES string of the molecule is CCN(Cc1cccc(F)c1)C(=O)CN1CCN(C(=O)C2CCCO2)CC1. The minimum absolute atomic E-state index is 0.0284. The van der Waals surface area contributed by atoms with Gasteiger partial charge in [-0.05, 0) is 37.5 Å². The molecule has 1 aromatic carbocycles. The van der Waals surface area contributed by atoms with Gasteiger partial charge in [0.15, 0.2) is 0 Å². The van der Waals surface area contributed by atoms with Gasteiger partial charge in [0.1, 0.15) is 11.9 Å². The fourth-order valence-electron chi connectivity index (χ4n) is 3.63. The van der Waals surface area contributed by atoms with E-state index in [1.807, 2.05) is 17.9 Å². The van der Waals surface area contributed by atoms with E-state index in [2.05, 4.69) is 4.90 Å². The molecule has 7 heteroatoms. The average Bonchev–Trinajstić information content (AvgIpc) is 3.21. The third-order valence-corrected chi connectivity index (χ3v) is 5.24. The van der Waals surface area contributed by atoms with Crippen LogP contribution in [0.2, 0.25) is 0 Å². The number of benzene rings is 1. The first-order chi connectivity index (χ1) is 13.1. The number of amides is 2. The second-order valence-electron chi connectivity index (χ2n) is 7.14. The lowest BCUT2D eigenvalue weighted by Crippen LogP contribution is -2.53. The molecule has 2 aliphatic rings. The first kappa shape index (κ1) is 19.8. The van der Waals surface area contributed by atoms with Gasteiger partial charge in [-0.15, -0.1) is 0 Å². The number of ether oxygens (including phenoxy) is 1. The Kier molecular flexibility index (Phi) is 6.79. The summed E-state index contributed by atoms with van der Waals surface area (Å²) in [4.78, 5) is 30.7. The second kappa shape index (κ2) is 9.28. The zero-order chi connectivity index (χ0) is 19.2. The van der Waals surface area contributed by atoms with Gasteiger partial charge in [-0.2, -0.15) is 0 Å². The summed E-state index contributed by atoms with van der Waals surface area (Å²) in [6.07, 6.45) is 1.48. The highest BCUT2D eigenvalue weighted by Gasteiger charge is 2.30. The number of piperazine rings is 1. The highest BCUT2D eigenvalue weighted by Crippen LogP contribution is 2.16. The van der Waals surface area contributed by atoms with Crippen molar-refractivity contribution in [1.29, 1.82) is 0 Å². The van der Waals surface area contributed by atoms with E-state index in [0.29, 0.717) is 52.4 Å². The van der Waals surface area contributed by atoms with Crippen LogP contribution in [0.4, 0.5) is 4.39 Å². The molecular formula is C20H28FN3O3. The Balaban J connectivity index is 1.47. The predicted octanol–water partition coefficient (Wildman–Crippen LogP) is 1.50. The molecule has 3 rings (SSSR count). The fraction of sp³-hybridized carbons (Fsp3) is 0.600. The van der Waals surface area contributed by atoms with Gasteiger partial charge >= 0.3 is 0 Å². The number of halogens is 1. The quantitative estimate of drug-likeness (QED) is 0.754. The van der Waals surface area contributed by atoms with Crippen molar-refractivity contribution in [3.8, 4) is 0 Å². The van der Waals surface area contributed by atoms with Crippen LogP contribution in [-0.2, 0) is 20.9 Å². The first-order valence-electron chi connectivity index (χ1n) is 9.71. The minimum atomic E-state index is -0.289. The van der Waals surface area contributed by atoms with Crippen LogP contribution in [0.5, 0.6) is 0 Å². The summed E-state index contributed by atoms with van der Waals surface area (Å²) in [6.45, 7) is 6.52. The maximum absolute atomic E-state index is 13.4. The summed E-state index contributed by atoms with van der Waals surface area (Å²) in [7, 11) is 0. The van der Waals surface area contributed by atoms with E-state index in [0.717, 1.165) is 18.4 Å². The molecule has 0 radical (unpaired) electrons. The molecule has 0 aromatic heterocycles. The normalized spacial score (nSPS) is 20.7. The Morgan fingerprint density at radius 1 is 1.26 bits per heavy atom. The molecule has 1 unspecified atom stereocenters. The van der Waals surface area contributed by atoms with E-state index in [1.54, 1.807) is 11.0 Å². The molecule has 6 nitrogen and oxygen atoms in total. The van der Waals surface area contributed by atoms with Crippen LogP contribution in [-0.4, -0.2) is 78.5 Å². The van der Waals surface area contributed by atoms with Crippen molar-refractivity contribution in [1.82, 2.24) is 14.7 Å². The predicted molar refractivity (Wildman–Crippen MR) is 99.5 cm³/mol. The molecule has 1 aromatic rings. The number of rotatable bonds is 6. The van der Waals surface area contributed by atoms with Gasteiger partial charge in [0.05, 0.1) is 6.54 Å². The molecule has 0 N–H and O–H groups in total. The van der Waals surface area contributed by atoms with E-state index in [4.69, 9.17) is 4.74 Å². The summed E-state index contributed by atoms with van der Waals surface area (Å²) in [5.41, 5.74) is 0.789. The summed E-state index contributed by atoms with van der Waals surface area (Å²) in [6, 6.07) is 6.35. The molecule has 148 valence electrons. The van der Waals surface area contributed by atoms with Crippen molar-refractivity contribution >= 4 is 11.8 Å². The Morgan fingerprint density at radius 2 is 2.04 bits per heavy atom. The molecule has 0 spiro atoms. The first-order valence-corrected chi connectivity index (χ1v) is 9.71. The lowest BCUT2D eigenvalue weighted by atomic mass is 10.2. The van der Waals surface area contributed by atoms with Crippen molar-refractivity contribution in [2.24, 2.45) is 0 Å². The summed E-state index contributed by atoms with van der Waals surface area (Å²) in [5.74, 6) is -0.177. The molecule has 27 heavy (non-hydrogen) atoms. The molecule has 0 bridgehead atoms. The lowest BCUT2D eigenvalue weighted by molar-refractivity contribution is -0.143. The minimum Gasteiger partial charge on any atom is -0.368 e. The van der Waals surface area contributed by atoms with E-state index < -0.39 is 0 Å². The van der Waals surface area contributed by atoms with Crippen LogP contribution in [0.1, 0.15) is 25.3 Å². The Hall–Kier alpha value is -1.99. The summed E-state index contributed by atoms with van der Waals surface area (Å²) < 4.78 is 18.8. The molecule has 2 aliphatic heterocycles. The molecule has 1 atom stereocenters. The van der Waals surface area contributed by atoms with Crippen LogP contribution in [0.25, 0.3) is 0 Å². The monoisotopic (exact) mass is 377 g/mol. The molecule has 0 aliphatic carbocycles. The third-order valence-electron chi connectivity index (χ3n) is 5.24. The van der Waals surface area contributed by atoms with Crippen molar-refractivity contribution in [3.63, 3.8) is 0 Å². The Bertz CT molecular complexity index is 656. The molecule has 2 heterocycles. The van der Waals surface area contributed by atoms with E-state index >= 15 is 0 Å². The van der Waals surface area contributed by atoms with Crippen molar-refractivity contribution in [3.05, 3.63) is 35.6 Å². The number of carbonyl (C=O) groups is 2. The van der Waals surface area contributed by atoms with Gasteiger partial charge in [0, 0.05) is 45.9 Å². The molecular weight excluding hydrogens is 349 g/mol. The topological polar surface area (TPSA) is 53.1 Å². The largest absolute Gasteiger partial charge is 0.368 e. The zero-order valence-corrected chi connectivity index (χ0v) is 15.9. The summed E-state index contributed by atoms with van der Waals surface area (Å²) >= 11 is 0. The van der Waals surface area contributed by atoms with Gasteiger partial charge in [-0.25, -0.2) is 4.39 Å². The van der Waals surface area contributed by atoms with Crippen molar-refractivity contribution in [2.75, 3.05) is 45.9 Å². The number of carbonyl (C=O) groups excluding carboxylic acids is 2. The van der Waals surface area contributed by atoms with Gasteiger partial charge in [0.2, 0.25) is 5.91 Å². The van der Waals surface area contributed by atoms with E-state index in [-0.39, 0.29) is 23.7 Å². The number of hydrogen-bond donors (Lipinski definition) is 0. The van der Waals surface area contributed by atoms with Crippen LogP contribution >= 0.6 is 0 Å². The molecule has 2 amide bonds. The van der Waals surface area contributed by atoms with Crippen molar-refractivity contribution in [2.45, 2.75) is 32.4 Å². The number of hydrogen-bond acceptors (Lipinski definition) is 4. The van der Waals surface area contributed by atoms with Gasteiger partial charge in [0.25, 0.3) is 5.91 Å². The lowest BCUT2D eigenvalue weighted by Gasteiger charge is -2.36. The van der Waals surface area contributed by atoms with Crippen LogP contribution in [0, 0.1) is 5.82 Å². The number of nitrogens with zero attached hydrogens (tertiary/aromatic N) is 3. The Labute approximate surface area is 159 Å². The molecule has 2 fully saturated rings. The maximum Gasteiger partial charge on any atom is 0.251 e. The second-order valence-corrected chi connectivity index (χ2v) is 7.14. The number of likely N-dealkylation sites (N-methyl/N-ethyl adjacent to an activating group) is 1. The van der Waals surface area contributed by atoms with Crippen LogP contribution in [0.3, 0.4) is 0 Å². The van der Waals surface area contributed by atoms with Gasteiger partial charge in [-0.1, -0.05) is 12.1 Å². The van der Waals surface area contributed by atoms with Gasteiger partial charge in [-0.3, -0.25) is 14.5 Å². The smallest absolute Gasteiger partial charge is 0.251 e. The summed E-state index contributed by atoms with van der Waals surface area (Å²) in [5, 5.41) is 0. The highest BCUT2D eigenvalue weighted by atomic mass is 19.1. The highest BCUT2D eigenvalue weighted by molar-refractivity contribution is 5.81. The third kappa shape index (κ3) is 5.26. The molecule has 2 saturated heterocycles. The Morgan fingerprint density at radius 3 is 2.67 bits per heavy atom.